The molecule has 0 aliphatic carbocycles. The zero-order valence-corrected chi connectivity index (χ0v) is 10.8. The lowest BCUT2D eigenvalue weighted by Crippen LogP contribution is -1.92. The van der Waals surface area contributed by atoms with Crippen LogP contribution in [0.5, 0.6) is 5.75 Å². The number of H-pyrrole nitrogens is 1. The van der Waals surface area contributed by atoms with Gasteiger partial charge in [-0.05, 0) is 30.7 Å². The highest BCUT2D eigenvalue weighted by atomic mass is 16.5. The van der Waals surface area contributed by atoms with E-state index in [2.05, 4.69) is 15.0 Å². The van der Waals surface area contributed by atoms with Crippen LogP contribution in [0, 0.1) is 6.92 Å². The van der Waals surface area contributed by atoms with Crippen molar-refractivity contribution in [2.45, 2.75) is 6.92 Å². The SMILES string of the molecule is COc1cc(N)ccc1-c1nc2ncc(C)cc2[nH]1. The fourth-order valence-electron chi connectivity index (χ4n) is 2.04. The minimum atomic E-state index is 0.658. The highest BCUT2D eigenvalue weighted by Crippen LogP contribution is 2.30. The van der Waals surface area contributed by atoms with Crippen molar-refractivity contribution in [3.63, 3.8) is 0 Å². The third-order valence-electron chi connectivity index (χ3n) is 2.95. The van der Waals surface area contributed by atoms with Gasteiger partial charge >= 0.3 is 0 Å². The topological polar surface area (TPSA) is 76.8 Å². The van der Waals surface area contributed by atoms with Crippen molar-refractivity contribution < 1.29 is 4.74 Å². The van der Waals surface area contributed by atoms with Crippen LogP contribution < -0.4 is 10.5 Å². The number of rotatable bonds is 2. The molecule has 0 saturated heterocycles. The molecule has 0 fully saturated rings. The van der Waals surface area contributed by atoms with E-state index in [1.54, 1.807) is 19.4 Å². The van der Waals surface area contributed by atoms with Crippen LogP contribution in [0.3, 0.4) is 0 Å². The van der Waals surface area contributed by atoms with E-state index in [0.717, 1.165) is 22.5 Å². The molecule has 5 heteroatoms. The van der Waals surface area contributed by atoms with Gasteiger partial charge < -0.3 is 15.5 Å². The largest absolute Gasteiger partial charge is 0.496 e. The van der Waals surface area contributed by atoms with Gasteiger partial charge in [-0.1, -0.05) is 0 Å². The van der Waals surface area contributed by atoms with Crippen LogP contribution in [0.25, 0.3) is 22.6 Å². The number of benzene rings is 1. The Labute approximate surface area is 110 Å². The summed E-state index contributed by atoms with van der Waals surface area (Å²) in [5, 5.41) is 0. The molecule has 3 rings (SSSR count). The molecule has 0 spiro atoms. The molecule has 3 aromatic rings. The summed E-state index contributed by atoms with van der Waals surface area (Å²) >= 11 is 0. The van der Waals surface area contributed by atoms with E-state index in [9.17, 15) is 0 Å². The molecule has 0 unspecified atom stereocenters. The molecule has 2 heterocycles. The molecule has 1 aromatic carbocycles. The predicted octanol–water partition coefficient (Wildman–Crippen LogP) is 2.52. The van der Waals surface area contributed by atoms with Gasteiger partial charge in [-0.3, -0.25) is 0 Å². The van der Waals surface area contributed by atoms with Crippen LogP contribution >= 0.6 is 0 Å². The normalized spacial score (nSPS) is 10.8. The summed E-state index contributed by atoms with van der Waals surface area (Å²) < 4.78 is 5.34. The number of nitrogens with zero attached hydrogens (tertiary/aromatic N) is 2. The Hall–Kier alpha value is -2.56. The van der Waals surface area contributed by atoms with Gasteiger partial charge in [0.15, 0.2) is 5.65 Å². The minimum absolute atomic E-state index is 0.658. The third kappa shape index (κ3) is 1.99. The minimum Gasteiger partial charge on any atom is -0.496 e. The van der Waals surface area contributed by atoms with Gasteiger partial charge in [-0.2, -0.15) is 0 Å². The number of pyridine rings is 1. The van der Waals surface area contributed by atoms with Gasteiger partial charge in [-0.25, -0.2) is 9.97 Å². The summed E-state index contributed by atoms with van der Waals surface area (Å²) in [6, 6.07) is 7.51. The first kappa shape index (κ1) is 11.5. The van der Waals surface area contributed by atoms with E-state index in [0.29, 0.717) is 17.1 Å². The number of hydrogen-bond donors (Lipinski definition) is 2. The Balaban J connectivity index is 2.18. The Kier molecular flexibility index (Phi) is 2.59. The molecule has 3 N–H and O–H groups in total. The lowest BCUT2D eigenvalue weighted by molar-refractivity contribution is 0.416. The summed E-state index contributed by atoms with van der Waals surface area (Å²) in [5.41, 5.74) is 9.97. The highest BCUT2D eigenvalue weighted by molar-refractivity contribution is 5.78. The van der Waals surface area contributed by atoms with Gasteiger partial charge in [0.1, 0.15) is 11.6 Å². The lowest BCUT2D eigenvalue weighted by atomic mass is 10.1. The van der Waals surface area contributed by atoms with Gasteiger partial charge in [-0.15, -0.1) is 0 Å². The monoisotopic (exact) mass is 254 g/mol. The van der Waals surface area contributed by atoms with Crippen molar-refractivity contribution in [2.24, 2.45) is 0 Å². The first-order chi connectivity index (χ1) is 9.17. The Morgan fingerprint density at radius 2 is 2.11 bits per heavy atom. The van der Waals surface area contributed by atoms with Crippen LogP contribution in [0.2, 0.25) is 0 Å². The van der Waals surface area contributed by atoms with E-state index in [-0.39, 0.29) is 0 Å². The number of methoxy groups -OCH3 is 1. The fourth-order valence-corrected chi connectivity index (χ4v) is 2.04. The molecular weight excluding hydrogens is 240 g/mol. The number of hydrogen-bond acceptors (Lipinski definition) is 4. The quantitative estimate of drug-likeness (QED) is 0.689. The van der Waals surface area contributed by atoms with E-state index in [1.807, 2.05) is 25.1 Å². The molecule has 0 amide bonds. The molecule has 5 nitrogen and oxygen atoms in total. The number of nitrogen functional groups attached to an aromatic ring is 1. The number of aryl methyl sites for hydroxylation is 1. The Morgan fingerprint density at radius 1 is 1.26 bits per heavy atom. The number of ether oxygens (including phenoxy) is 1. The second kappa shape index (κ2) is 4.28. The van der Waals surface area contributed by atoms with Crippen molar-refractivity contribution >= 4 is 16.9 Å². The number of aromatic nitrogens is 3. The molecule has 0 saturated carbocycles. The lowest BCUT2D eigenvalue weighted by Gasteiger charge is -2.06. The van der Waals surface area contributed by atoms with Crippen LogP contribution in [0.15, 0.2) is 30.5 Å². The molecule has 0 atom stereocenters. The van der Waals surface area contributed by atoms with Crippen molar-refractivity contribution in [3.8, 4) is 17.1 Å². The molecule has 96 valence electrons. The average Bonchev–Trinajstić information content (AvgIpc) is 2.81. The molecule has 19 heavy (non-hydrogen) atoms. The smallest absolute Gasteiger partial charge is 0.178 e. The molecule has 0 aliphatic heterocycles. The van der Waals surface area contributed by atoms with E-state index >= 15 is 0 Å². The molecule has 0 bridgehead atoms. The summed E-state index contributed by atoms with van der Waals surface area (Å²) in [5.74, 6) is 1.42. The average molecular weight is 254 g/mol. The number of nitrogens with one attached hydrogen (secondary N) is 1. The molecular formula is C14H14N4O. The van der Waals surface area contributed by atoms with Gasteiger partial charge in [0.05, 0.1) is 18.2 Å². The van der Waals surface area contributed by atoms with Crippen molar-refractivity contribution in [2.75, 3.05) is 12.8 Å². The number of anilines is 1. The number of imidazole rings is 1. The number of aromatic amines is 1. The first-order valence-electron chi connectivity index (χ1n) is 5.93. The number of fused-ring (bicyclic) bond motifs is 1. The standard InChI is InChI=1S/C14H14N4O/c1-8-5-11-14(16-7-8)18-13(17-11)10-4-3-9(15)6-12(10)19-2/h3-7H,15H2,1-2H3,(H,16,17,18). The van der Waals surface area contributed by atoms with Crippen LogP contribution in [-0.2, 0) is 0 Å². The molecule has 0 aliphatic rings. The van der Waals surface area contributed by atoms with Crippen LogP contribution in [0.4, 0.5) is 5.69 Å². The fraction of sp³-hybridized carbons (Fsp3) is 0.143. The van der Waals surface area contributed by atoms with Gasteiger partial charge in [0.2, 0.25) is 0 Å². The maximum atomic E-state index is 5.75. The molecule has 0 radical (unpaired) electrons. The van der Waals surface area contributed by atoms with E-state index < -0.39 is 0 Å². The van der Waals surface area contributed by atoms with E-state index in [4.69, 9.17) is 10.5 Å². The zero-order valence-electron chi connectivity index (χ0n) is 10.8. The number of nitrogens with two attached hydrogens (primary N) is 1. The predicted molar refractivity (Wildman–Crippen MR) is 75.0 cm³/mol. The first-order valence-corrected chi connectivity index (χ1v) is 5.93. The van der Waals surface area contributed by atoms with Gasteiger partial charge in [0.25, 0.3) is 0 Å². The summed E-state index contributed by atoms with van der Waals surface area (Å²) in [6.45, 7) is 2.00. The second-order valence-corrected chi connectivity index (χ2v) is 4.43. The van der Waals surface area contributed by atoms with Crippen molar-refractivity contribution in [1.82, 2.24) is 15.0 Å². The summed E-state index contributed by atoms with van der Waals surface area (Å²) in [4.78, 5) is 12.0. The summed E-state index contributed by atoms with van der Waals surface area (Å²) in [6.07, 6.45) is 1.80. The highest BCUT2D eigenvalue weighted by Gasteiger charge is 2.11. The Morgan fingerprint density at radius 3 is 2.89 bits per heavy atom. The van der Waals surface area contributed by atoms with Crippen LogP contribution in [0.1, 0.15) is 5.56 Å². The molecule has 2 aromatic heterocycles. The Bertz CT molecular complexity index is 748. The maximum Gasteiger partial charge on any atom is 0.178 e. The summed E-state index contributed by atoms with van der Waals surface area (Å²) in [7, 11) is 1.61. The van der Waals surface area contributed by atoms with Crippen molar-refractivity contribution in [3.05, 3.63) is 36.0 Å². The maximum absolute atomic E-state index is 5.75. The zero-order chi connectivity index (χ0) is 13.4. The third-order valence-corrected chi connectivity index (χ3v) is 2.95. The van der Waals surface area contributed by atoms with Crippen LogP contribution in [-0.4, -0.2) is 22.1 Å². The van der Waals surface area contributed by atoms with E-state index in [1.165, 1.54) is 0 Å². The second-order valence-electron chi connectivity index (χ2n) is 4.43. The van der Waals surface area contributed by atoms with Crippen molar-refractivity contribution in [1.29, 1.82) is 0 Å². The van der Waals surface area contributed by atoms with Gasteiger partial charge in [0, 0.05) is 18.0 Å².